The SMILES string of the molecule is CCC(CC)c1ccnc(-c2ccc3oc4cc(-c5c(C)cccc5C)ccc4c3c2)c1. The third kappa shape index (κ3) is 3.50. The third-order valence-corrected chi connectivity index (χ3v) is 6.78. The normalized spacial score (nSPS) is 11.7. The highest BCUT2D eigenvalue weighted by Gasteiger charge is 2.13. The number of hydrogen-bond acceptors (Lipinski definition) is 2. The predicted molar refractivity (Wildman–Crippen MR) is 135 cm³/mol. The van der Waals surface area contributed by atoms with Gasteiger partial charge in [0.05, 0.1) is 5.69 Å². The topological polar surface area (TPSA) is 26.0 Å². The van der Waals surface area contributed by atoms with Crippen molar-refractivity contribution < 1.29 is 4.42 Å². The molecule has 0 aliphatic heterocycles. The summed E-state index contributed by atoms with van der Waals surface area (Å²) in [6, 6.07) is 23.9. The Hall–Kier alpha value is -3.39. The highest BCUT2D eigenvalue weighted by molar-refractivity contribution is 6.07. The molecule has 3 aromatic carbocycles. The van der Waals surface area contributed by atoms with Crippen molar-refractivity contribution in [3.63, 3.8) is 0 Å². The Morgan fingerprint density at radius 1 is 0.750 bits per heavy atom. The van der Waals surface area contributed by atoms with Gasteiger partial charge in [0.15, 0.2) is 0 Å². The number of hydrogen-bond donors (Lipinski definition) is 0. The van der Waals surface area contributed by atoms with Gasteiger partial charge in [0.25, 0.3) is 0 Å². The minimum absolute atomic E-state index is 0.582. The van der Waals surface area contributed by atoms with Crippen LogP contribution >= 0.6 is 0 Å². The Bertz CT molecular complexity index is 1400. The lowest BCUT2D eigenvalue weighted by Crippen LogP contribution is -1.96. The zero-order valence-electron chi connectivity index (χ0n) is 19.3. The maximum Gasteiger partial charge on any atom is 0.136 e. The van der Waals surface area contributed by atoms with E-state index in [1.54, 1.807) is 0 Å². The maximum atomic E-state index is 6.26. The van der Waals surface area contributed by atoms with Crippen molar-refractivity contribution in [3.8, 4) is 22.4 Å². The number of nitrogens with zero attached hydrogens (tertiary/aromatic N) is 1. The lowest BCUT2D eigenvalue weighted by molar-refractivity contribution is 0.641. The van der Waals surface area contributed by atoms with E-state index >= 15 is 0 Å². The van der Waals surface area contributed by atoms with Crippen LogP contribution in [-0.4, -0.2) is 4.98 Å². The molecule has 0 N–H and O–H groups in total. The summed E-state index contributed by atoms with van der Waals surface area (Å²) in [4.78, 5) is 4.67. The first-order valence-electron chi connectivity index (χ1n) is 11.6. The van der Waals surface area contributed by atoms with Gasteiger partial charge in [-0.2, -0.15) is 0 Å². The molecule has 2 heteroatoms. The molecule has 0 bridgehead atoms. The molecule has 2 aromatic heterocycles. The molecule has 0 spiro atoms. The van der Waals surface area contributed by atoms with Crippen molar-refractivity contribution in [1.29, 1.82) is 0 Å². The van der Waals surface area contributed by atoms with Gasteiger partial charge < -0.3 is 4.42 Å². The number of benzene rings is 3. The molecule has 0 amide bonds. The predicted octanol–water partition coefficient (Wildman–Crippen LogP) is 8.84. The van der Waals surface area contributed by atoms with Crippen LogP contribution in [0.5, 0.6) is 0 Å². The van der Waals surface area contributed by atoms with Crippen molar-refractivity contribution in [2.75, 3.05) is 0 Å². The van der Waals surface area contributed by atoms with Gasteiger partial charge >= 0.3 is 0 Å². The summed E-state index contributed by atoms with van der Waals surface area (Å²) < 4.78 is 6.26. The van der Waals surface area contributed by atoms with Crippen LogP contribution in [-0.2, 0) is 0 Å². The first-order chi connectivity index (χ1) is 15.6. The number of aromatic nitrogens is 1. The van der Waals surface area contributed by atoms with Crippen LogP contribution in [0.25, 0.3) is 44.3 Å². The van der Waals surface area contributed by atoms with E-state index in [2.05, 4.69) is 99.4 Å². The molecule has 0 fully saturated rings. The number of rotatable bonds is 5. The van der Waals surface area contributed by atoms with Crippen LogP contribution in [0, 0.1) is 13.8 Å². The average molecular weight is 420 g/mol. The van der Waals surface area contributed by atoms with Gasteiger partial charge in [-0.05, 0) is 103 Å². The molecule has 0 atom stereocenters. The molecule has 160 valence electrons. The van der Waals surface area contributed by atoms with Gasteiger partial charge in [-0.25, -0.2) is 0 Å². The van der Waals surface area contributed by atoms with Crippen LogP contribution in [0.15, 0.2) is 77.3 Å². The quantitative estimate of drug-likeness (QED) is 0.284. The monoisotopic (exact) mass is 419 g/mol. The van der Waals surface area contributed by atoms with Crippen LogP contribution < -0.4 is 0 Å². The van der Waals surface area contributed by atoms with Crippen LogP contribution in [0.1, 0.15) is 49.3 Å². The third-order valence-electron chi connectivity index (χ3n) is 6.78. The van der Waals surface area contributed by atoms with E-state index < -0.39 is 0 Å². The van der Waals surface area contributed by atoms with Crippen molar-refractivity contribution in [2.24, 2.45) is 0 Å². The second kappa shape index (κ2) is 8.27. The molecule has 2 heterocycles. The summed E-state index contributed by atoms with van der Waals surface area (Å²) in [6.07, 6.45) is 4.24. The fourth-order valence-corrected chi connectivity index (χ4v) is 4.98. The molecule has 0 saturated carbocycles. The van der Waals surface area contributed by atoms with Gasteiger partial charge in [0.2, 0.25) is 0 Å². The van der Waals surface area contributed by atoms with Crippen molar-refractivity contribution in [3.05, 3.63) is 89.6 Å². The minimum atomic E-state index is 0.582. The molecule has 0 aliphatic rings. The highest BCUT2D eigenvalue weighted by atomic mass is 16.3. The molecule has 0 saturated heterocycles. The van der Waals surface area contributed by atoms with Crippen LogP contribution in [0.3, 0.4) is 0 Å². The molecule has 5 rings (SSSR count). The second-order valence-corrected chi connectivity index (χ2v) is 8.78. The van der Waals surface area contributed by atoms with E-state index in [1.165, 1.54) is 27.8 Å². The summed E-state index contributed by atoms with van der Waals surface area (Å²) in [6.45, 7) is 8.84. The van der Waals surface area contributed by atoms with E-state index in [0.29, 0.717) is 5.92 Å². The Morgan fingerprint density at radius 3 is 2.25 bits per heavy atom. The first kappa shape index (κ1) is 20.5. The number of pyridine rings is 1. The molecule has 2 nitrogen and oxygen atoms in total. The molecule has 0 radical (unpaired) electrons. The zero-order chi connectivity index (χ0) is 22.2. The Labute approximate surface area is 189 Å². The van der Waals surface area contributed by atoms with Gasteiger partial charge in [0, 0.05) is 22.5 Å². The molecule has 0 unspecified atom stereocenters. The van der Waals surface area contributed by atoms with Crippen LogP contribution in [0.2, 0.25) is 0 Å². The summed E-state index contributed by atoms with van der Waals surface area (Å²) in [5.74, 6) is 0.582. The fraction of sp³-hybridized carbons (Fsp3) is 0.233. The van der Waals surface area contributed by atoms with Gasteiger partial charge in [0.1, 0.15) is 11.2 Å². The molecular weight excluding hydrogens is 390 g/mol. The standard InChI is InChI=1S/C30H29NO/c1-5-21(6-2)22-14-15-31-27(17-22)23-11-13-28-26(16-23)25-12-10-24(18-29(25)32-28)30-19(3)8-7-9-20(30)4/h7-18,21H,5-6H2,1-4H3. The first-order valence-corrected chi connectivity index (χ1v) is 11.6. The maximum absolute atomic E-state index is 6.26. The number of fused-ring (bicyclic) bond motifs is 3. The largest absolute Gasteiger partial charge is 0.456 e. The van der Waals surface area contributed by atoms with Gasteiger partial charge in [-0.3, -0.25) is 4.98 Å². The van der Waals surface area contributed by atoms with E-state index in [4.69, 9.17) is 4.42 Å². The highest BCUT2D eigenvalue weighted by Crippen LogP contribution is 2.36. The summed E-state index contributed by atoms with van der Waals surface area (Å²) in [5, 5.41) is 2.29. The Morgan fingerprint density at radius 2 is 1.50 bits per heavy atom. The zero-order valence-corrected chi connectivity index (χ0v) is 19.3. The molecular formula is C30H29NO. The molecule has 0 aliphatic carbocycles. The van der Waals surface area contributed by atoms with Crippen molar-refractivity contribution in [2.45, 2.75) is 46.5 Å². The minimum Gasteiger partial charge on any atom is -0.456 e. The number of furan rings is 1. The Balaban J connectivity index is 1.61. The Kier molecular flexibility index (Phi) is 5.30. The van der Waals surface area contributed by atoms with Crippen molar-refractivity contribution in [1.82, 2.24) is 4.98 Å². The lowest BCUT2D eigenvalue weighted by Gasteiger charge is -2.13. The van der Waals surface area contributed by atoms with E-state index in [9.17, 15) is 0 Å². The van der Waals surface area contributed by atoms with E-state index in [-0.39, 0.29) is 0 Å². The average Bonchev–Trinajstić information content (AvgIpc) is 3.17. The summed E-state index contributed by atoms with van der Waals surface area (Å²) >= 11 is 0. The summed E-state index contributed by atoms with van der Waals surface area (Å²) in [7, 11) is 0. The second-order valence-electron chi connectivity index (χ2n) is 8.78. The van der Waals surface area contributed by atoms with E-state index in [0.717, 1.165) is 46.0 Å². The van der Waals surface area contributed by atoms with Gasteiger partial charge in [-0.1, -0.05) is 38.1 Å². The number of aryl methyl sites for hydroxylation is 2. The van der Waals surface area contributed by atoms with Gasteiger partial charge in [-0.15, -0.1) is 0 Å². The smallest absolute Gasteiger partial charge is 0.136 e. The molecule has 5 aromatic rings. The van der Waals surface area contributed by atoms with Crippen molar-refractivity contribution >= 4 is 21.9 Å². The van der Waals surface area contributed by atoms with E-state index in [1.807, 2.05) is 6.20 Å². The summed E-state index contributed by atoms with van der Waals surface area (Å²) in [5.41, 5.74) is 10.4. The molecule has 32 heavy (non-hydrogen) atoms. The fourth-order valence-electron chi connectivity index (χ4n) is 4.98. The van der Waals surface area contributed by atoms with Crippen LogP contribution in [0.4, 0.5) is 0 Å². The lowest BCUT2D eigenvalue weighted by atomic mass is 9.93.